The Morgan fingerprint density at radius 1 is 1.17 bits per heavy atom. The minimum Gasteiger partial charge on any atom is -0.337 e. The lowest BCUT2D eigenvalue weighted by atomic mass is 10.00. The fraction of sp³-hybridized carbons (Fsp3) is 0.316. The lowest BCUT2D eigenvalue weighted by Gasteiger charge is -2.30. The Hall–Kier alpha value is -1.26. The molecule has 0 fully saturated rings. The zero-order valence-electron chi connectivity index (χ0n) is 13.2. The van der Waals surface area contributed by atoms with Crippen LogP contribution in [-0.4, -0.2) is 22.6 Å². The molecule has 23 heavy (non-hydrogen) atoms. The minimum atomic E-state index is -0.0103. The summed E-state index contributed by atoms with van der Waals surface area (Å²) in [5.74, 6) is 1.12. The molecular formula is C19H20BrNOS. The molecule has 120 valence electrons. The van der Waals surface area contributed by atoms with Crippen molar-refractivity contribution in [3.8, 4) is 0 Å². The number of thioether (sulfide) groups is 1. The predicted molar refractivity (Wildman–Crippen MR) is 100 cm³/mol. The number of nitrogens with zero attached hydrogens (tertiary/aromatic N) is 1. The van der Waals surface area contributed by atoms with Crippen molar-refractivity contribution < 1.29 is 4.79 Å². The summed E-state index contributed by atoms with van der Waals surface area (Å²) >= 11 is 5.16. The predicted octanol–water partition coefficient (Wildman–Crippen LogP) is 4.66. The maximum absolute atomic E-state index is 12.7. The summed E-state index contributed by atoms with van der Waals surface area (Å²) < 4.78 is 1.09. The summed E-state index contributed by atoms with van der Waals surface area (Å²) in [7, 11) is 0. The van der Waals surface area contributed by atoms with E-state index in [1.165, 1.54) is 16.7 Å². The number of fused-ring (bicyclic) bond motifs is 1. The molecule has 0 aromatic heterocycles. The lowest BCUT2D eigenvalue weighted by Crippen LogP contribution is -2.40. The monoisotopic (exact) mass is 389 g/mol. The van der Waals surface area contributed by atoms with Gasteiger partial charge >= 0.3 is 0 Å². The SMILES string of the molecule is CC(SCc1ccc(Br)cc1)C(=O)N1CCc2ccccc2C1. The summed E-state index contributed by atoms with van der Waals surface area (Å²) in [6.45, 7) is 3.60. The van der Waals surface area contributed by atoms with Crippen LogP contribution < -0.4 is 0 Å². The molecule has 0 saturated heterocycles. The first-order chi connectivity index (χ1) is 11.1. The van der Waals surface area contributed by atoms with Crippen molar-refractivity contribution in [2.24, 2.45) is 0 Å². The van der Waals surface area contributed by atoms with E-state index in [4.69, 9.17) is 0 Å². The van der Waals surface area contributed by atoms with Crippen LogP contribution in [0.25, 0.3) is 0 Å². The van der Waals surface area contributed by atoms with E-state index in [9.17, 15) is 4.79 Å². The van der Waals surface area contributed by atoms with E-state index < -0.39 is 0 Å². The first-order valence-electron chi connectivity index (χ1n) is 7.85. The number of rotatable bonds is 4. The standard InChI is InChI=1S/C19H20BrNOS/c1-14(23-13-15-6-8-18(20)9-7-15)19(22)21-11-10-16-4-2-3-5-17(16)12-21/h2-9,14H,10-13H2,1H3. The topological polar surface area (TPSA) is 20.3 Å². The minimum absolute atomic E-state index is 0.0103. The van der Waals surface area contributed by atoms with Crippen LogP contribution in [-0.2, 0) is 23.5 Å². The quantitative estimate of drug-likeness (QED) is 0.757. The number of benzene rings is 2. The van der Waals surface area contributed by atoms with Crippen molar-refractivity contribution >= 4 is 33.6 Å². The Labute approximate surface area is 150 Å². The highest BCUT2D eigenvalue weighted by atomic mass is 79.9. The van der Waals surface area contributed by atoms with Gasteiger partial charge in [-0.25, -0.2) is 0 Å². The van der Waals surface area contributed by atoms with Crippen LogP contribution in [0.2, 0.25) is 0 Å². The molecule has 1 amide bonds. The van der Waals surface area contributed by atoms with E-state index in [-0.39, 0.29) is 11.2 Å². The number of hydrogen-bond acceptors (Lipinski definition) is 2. The van der Waals surface area contributed by atoms with Crippen molar-refractivity contribution in [3.05, 3.63) is 69.7 Å². The van der Waals surface area contributed by atoms with Crippen LogP contribution >= 0.6 is 27.7 Å². The third kappa shape index (κ3) is 4.18. The van der Waals surface area contributed by atoms with Crippen molar-refractivity contribution in [1.29, 1.82) is 0 Å². The van der Waals surface area contributed by atoms with Gasteiger partial charge in [-0.05, 0) is 42.2 Å². The fourth-order valence-electron chi connectivity index (χ4n) is 2.81. The van der Waals surface area contributed by atoms with Crippen LogP contribution in [0.15, 0.2) is 53.0 Å². The van der Waals surface area contributed by atoms with Crippen LogP contribution in [0.4, 0.5) is 0 Å². The van der Waals surface area contributed by atoms with E-state index in [0.29, 0.717) is 0 Å². The summed E-state index contributed by atoms with van der Waals surface area (Å²) in [4.78, 5) is 14.7. The van der Waals surface area contributed by atoms with Gasteiger partial charge in [0.25, 0.3) is 0 Å². The second-order valence-corrected chi connectivity index (χ2v) is 8.10. The first-order valence-corrected chi connectivity index (χ1v) is 9.69. The van der Waals surface area contributed by atoms with E-state index in [1.54, 1.807) is 11.8 Å². The van der Waals surface area contributed by atoms with Crippen molar-refractivity contribution in [2.75, 3.05) is 6.54 Å². The van der Waals surface area contributed by atoms with Crippen LogP contribution in [0.1, 0.15) is 23.6 Å². The van der Waals surface area contributed by atoms with Crippen molar-refractivity contribution in [2.45, 2.75) is 30.9 Å². The highest BCUT2D eigenvalue weighted by Crippen LogP contribution is 2.24. The molecule has 1 atom stereocenters. The smallest absolute Gasteiger partial charge is 0.235 e. The second-order valence-electron chi connectivity index (χ2n) is 5.86. The van der Waals surface area contributed by atoms with Gasteiger partial charge in [-0.15, -0.1) is 11.8 Å². The lowest BCUT2D eigenvalue weighted by molar-refractivity contribution is -0.131. The van der Waals surface area contributed by atoms with Crippen LogP contribution in [0, 0.1) is 0 Å². The van der Waals surface area contributed by atoms with Gasteiger partial charge < -0.3 is 4.90 Å². The van der Waals surface area contributed by atoms with Gasteiger partial charge in [0.1, 0.15) is 0 Å². The van der Waals surface area contributed by atoms with E-state index in [1.807, 2.05) is 24.0 Å². The molecule has 2 aromatic carbocycles. The van der Waals surface area contributed by atoms with Crippen molar-refractivity contribution in [3.63, 3.8) is 0 Å². The van der Waals surface area contributed by atoms with Crippen molar-refractivity contribution in [1.82, 2.24) is 4.90 Å². The molecule has 1 unspecified atom stereocenters. The number of carbonyl (C=O) groups is 1. The molecule has 0 N–H and O–H groups in total. The van der Waals surface area contributed by atoms with E-state index in [2.05, 4.69) is 52.3 Å². The normalized spacial score (nSPS) is 15.1. The highest BCUT2D eigenvalue weighted by Gasteiger charge is 2.24. The summed E-state index contributed by atoms with van der Waals surface area (Å²) in [6, 6.07) is 16.7. The summed E-state index contributed by atoms with van der Waals surface area (Å²) in [5, 5.41) is -0.0103. The zero-order valence-corrected chi connectivity index (χ0v) is 15.6. The third-order valence-corrected chi connectivity index (χ3v) is 5.93. The highest BCUT2D eigenvalue weighted by molar-refractivity contribution is 9.10. The molecule has 2 nitrogen and oxygen atoms in total. The largest absolute Gasteiger partial charge is 0.337 e. The van der Waals surface area contributed by atoms with Crippen LogP contribution in [0.5, 0.6) is 0 Å². The summed E-state index contributed by atoms with van der Waals surface area (Å²) in [5.41, 5.74) is 3.92. The Bertz CT molecular complexity index is 686. The van der Waals surface area contributed by atoms with Gasteiger partial charge in [-0.2, -0.15) is 0 Å². The summed E-state index contributed by atoms with van der Waals surface area (Å²) in [6.07, 6.45) is 0.964. The first kappa shape index (κ1) is 16.6. The Balaban J connectivity index is 1.56. The zero-order chi connectivity index (χ0) is 16.2. The van der Waals surface area contributed by atoms with Crippen LogP contribution in [0.3, 0.4) is 0 Å². The molecule has 0 radical (unpaired) electrons. The molecule has 1 heterocycles. The van der Waals surface area contributed by atoms with Gasteiger partial charge in [0, 0.05) is 23.3 Å². The molecule has 0 bridgehead atoms. The molecular weight excluding hydrogens is 370 g/mol. The van der Waals surface area contributed by atoms with Gasteiger partial charge in [0.15, 0.2) is 0 Å². The van der Waals surface area contributed by atoms with Gasteiger partial charge in [0.05, 0.1) is 5.25 Å². The van der Waals surface area contributed by atoms with Gasteiger partial charge in [0.2, 0.25) is 5.91 Å². The molecule has 0 spiro atoms. The molecule has 4 heteroatoms. The maximum atomic E-state index is 12.7. The number of hydrogen-bond donors (Lipinski definition) is 0. The molecule has 0 saturated carbocycles. The Kier molecular flexibility index (Phi) is 5.44. The van der Waals surface area contributed by atoms with E-state index in [0.717, 1.165) is 29.7 Å². The molecule has 2 aromatic rings. The second kappa shape index (κ2) is 7.54. The van der Waals surface area contributed by atoms with E-state index >= 15 is 0 Å². The Morgan fingerprint density at radius 2 is 1.87 bits per heavy atom. The van der Waals surface area contributed by atoms with Gasteiger partial charge in [-0.1, -0.05) is 52.3 Å². The molecule has 1 aliphatic rings. The maximum Gasteiger partial charge on any atom is 0.235 e. The number of halogens is 1. The molecule has 1 aliphatic heterocycles. The average molecular weight is 390 g/mol. The Morgan fingerprint density at radius 3 is 2.61 bits per heavy atom. The molecule has 0 aliphatic carbocycles. The van der Waals surface area contributed by atoms with Gasteiger partial charge in [-0.3, -0.25) is 4.79 Å². The average Bonchev–Trinajstić information content (AvgIpc) is 2.60. The fourth-order valence-corrected chi connectivity index (χ4v) is 4.00. The third-order valence-electron chi connectivity index (χ3n) is 4.20. The number of carbonyl (C=O) groups excluding carboxylic acids is 1. The molecule has 3 rings (SSSR count). The number of amides is 1.